The van der Waals surface area contributed by atoms with Gasteiger partial charge in [-0.25, -0.2) is 0 Å². The predicted molar refractivity (Wildman–Crippen MR) is 40.3 cm³/mol. The van der Waals surface area contributed by atoms with Crippen LogP contribution in [0, 0.1) is 0 Å². The van der Waals surface area contributed by atoms with Crippen LogP contribution in [0.4, 0.5) is 0 Å². The molecule has 0 aliphatic heterocycles. The molecule has 0 N–H and O–H groups in total. The summed E-state index contributed by atoms with van der Waals surface area (Å²) in [7, 11) is 3.96. The first-order valence-electron chi connectivity index (χ1n) is 2.14. The van der Waals surface area contributed by atoms with Gasteiger partial charge in [-0.3, -0.25) is 4.90 Å². The second kappa shape index (κ2) is 3.64. The van der Waals surface area contributed by atoms with E-state index in [1.807, 2.05) is 19.0 Å². The Kier molecular flexibility index (Phi) is 3.98. The molecule has 0 aromatic rings. The van der Waals surface area contributed by atoms with Crippen molar-refractivity contribution in [2.75, 3.05) is 19.8 Å². The van der Waals surface area contributed by atoms with E-state index in [0.717, 1.165) is 5.75 Å². The minimum absolute atomic E-state index is 0.295. The van der Waals surface area contributed by atoms with Crippen molar-refractivity contribution in [2.45, 2.75) is 5.37 Å². The predicted octanol–water partition coefficient (Wildman–Crippen LogP) is 0.734. The summed E-state index contributed by atoms with van der Waals surface area (Å²) in [5, 5.41) is 0.295. The van der Waals surface area contributed by atoms with Gasteiger partial charge in [0.2, 0.25) is 0 Å². The molecular weight excluding hydrogens is 126 g/mol. The van der Waals surface area contributed by atoms with Gasteiger partial charge in [0.15, 0.2) is 0 Å². The molecule has 0 aliphatic rings. The van der Waals surface area contributed by atoms with Crippen LogP contribution >= 0.6 is 25.3 Å². The van der Waals surface area contributed by atoms with Crippen molar-refractivity contribution in [2.24, 2.45) is 0 Å². The maximum atomic E-state index is 4.17. The van der Waals surface area contributed by atoms with Gasteiger partial charge >= 0.3 is 0 Å². The van der Waals surface area contributed by atoms with Crippen LogP contribution in [0.3, 0.4) is 0 Å². The van der Waals surface area contributed by atoms with E-state index in [0.29, 0.717) is 5.37 Å². The lowest BCUT2D eigenvalue weighted by atomic mass is 10.7. The van der Waals surface area contributed by atoms with Crippen LogP contribution in [0.25, 0.3) is 0 Å². The second-order valence-electron chi connectivity index (χ2n) is 1.63. The fourth-order valence-electron chi connectivity index (χ4n) is 0.163. The van der Waals surface area contributed by atoms with Crippen molar-refractivity contribution < 1.29 is 0 Å². The van der Waals surface area contributed by atoms with Crippen molar-refractivity contribution in [1.82, 2.24) is 4.90 Å². The zero-order valence-electron chi connectivity index (χ0n) is 4.63. The summed E-state index contributed by atoms with van der Waals surface area (Å²) in [5.41, 5.74) is 0. The summed E-state index contributed by atoms with van der Waals surface area (Å²) < 4.78 is 0. The number of nitrogens with zero attached hydrogens (tertiary/aromatic N) is 1. The quantitative estimate of drug-likeness (QED) is 0.419. The third-order valence-corrected chi connectivity index (χ3v) is 2.04. The van der Waals surface area contributed by atoms with Crippen molar-refractivity contribution in [1.29, 1.82) is 0 Å². The Morgan fingerprint density at radius 1 is 1.57 bits per heavy atom. The number of hydrogen-bond acceptors (Lipinski definition) is 3. The molecule has 0 heterocycles. The monoisotopic (exact) mass is 137 g/mol. The molecule has 0 saturated carbocycles. The Morgan fingerprint density at radius 2 is 2.00 bits per heavy atom. The molecular formula is C4H11NS2. The highest BCUT2D eigenvalue weighted by Crippen LogP contribution is 1.98. The summed E-state index contributed by atoms with van der Waals surface area (Å²) in [4.78, 5) is 2.01. The third kappa shape index (κ3) is 3.26. The maximum Gasteiger partial charge on any atom is 0.0611 e. The lowest BCUT2D eigenvalue weighted by molar-refractivity contribution is 0.409. The molecule has 0 fully saturated rings. The van der Waals surface area contributed by atoms with Crippen molar-refractivity contribution in [3.05, 3.63) is 0 Å². The van der Waals surface area contributed by atoms with E-state index in [2.05, 4.69) is 25.3 Å². The number of thiol groups is 2. The Bertz CT molecular complexity index is 47.0. The Labute approximate surface area is 55.9 Å². The Balaban J connectivity index is 3.14. The highest BCUT2D eigenvalue weighted by Gasteiger charge is 1.98. The van der Waals surface area contributed by atoms with Gasteiger partial charge < -0.3 is 0 Å². The molecule has 0 aliphatic carbocycles. The number of rotatable bonds is 2. The van der Waals surface area contributed by atoms with Crippen molar-refractivity contribution in [3.8, 4) is 0 Å². The van der Waals surface area contributed by atoms with E-state index in [1.165, 1.54) is 0 Å². The van der Waals surface area contributed by atoms with E-state index in [4.69, 9.17) is 0 Å². The minimum atomic E-state index is 0.295. The zero-order valence-corrected chi connectivity index (χ0v) is 6.41. The lowest BCUT2D eigenvalue weighted by Gasteiger charge is -2.14. The van der Waals surface area contributed by atoms with Crippen LogP contribution in [0.2, 0.25) is 0 Å². The van der Waals surface area contributed by atoms with Gasteiger partial charge in [0.05, 0.1) is 5.37 Å². The summed E-state index contributed by atoms with van der Waals surface area (Å²) in [6.45, 7) is 0. The molecule has 1 atom stereocenters. The SMILES string of the molecule is CN(C)C(S)CS. The van der Waals surface area contributed by atoms with E-state index in [9.17, 15) is 0 Å². The molecule has 0 aromatic carbocycles. The molecule has 7 heavy (non-hydrogen) atoms. The van der Waals surface area contributed by atoms with E-state index in [1.54, 1.807) is 0 Å². The summed E-state index contributed by atoms with van der Waals surface area (Å²) >= 11 is 8.21. The number of hydrogen-bond donors (Lipinski definition) is 2. The Morgan fingerprint density at radius 3 is 2.00 bits per heavy atom. The first-order chi connectivity index (χ1) is 3.18. The van der Waals surface area contributed by atoms with E-state index in [-0.39, 0.29) is 0 Å². The van der Waals surface area contributed by atoms with Gasteiger partial charge in [-0.15, -0.1) is 0 Å². The topological polar surface area (TPSA) is 3.24 Å². The molecule has 1 nitrogen and oxygen atoms in total. The van der Waals surface area contributed by atoms with Gasteiger partial charge in [-0.05, 0) is 14.1 Å². The first kappa shape index (κ1) is 7.66. The fourth-order valence-corrected chi connectivity index (χ4v) is 0.490. The maximum absolute atomic E-state index is 4.17. The molecule has 0 spiro atoms. The fraction of sp³-hybridized carbons (Fsp3) is 1.00. The van der Waals surface area contributed by atoms with Gasteiger partial charge in [-0.2, -0.15) is 25.3 Å². The first-order valence-corrected chi connectivity index (χ1v) is 3.28. The van der Waals surface area contributed by atoms with E-state index >= 15 is 0 Å². The highest BCUT2D eigenvalue weighted by atomic mass is 32.1. The van der Waals surface area contributed by atoms with Crippen molar-refractivity contribution in [3.63, 3.8) is 0 Å². The van der Waals surface area contributed by atoms with E-state index < -0.39 is 0 Å². The lowest BCUT2D eigenvalue weighted by Crippen LogP contribution is -2.23. The van der Waals surface area contributed by atoms with Crippen LogP contribution in [-0.2, 0) is 0 Å². The average molecular weight is 137 g/mol. The molecule has 0 amide bonds. The van der Waals surface area contributed by atoms with Gasteiger partial charge in [-0.1, -0.05) is 0 Å². The van der Waals surface area contributed by atoms with Crippen LogP contribution in [0.5, 0.6) is 0 Å². The molecule has 3 heteroatoms. The summed E-state index contributed by atoms with van der Waals surface area (Å²) in [5.74, 6) is 0.802. The standard InChI is InChI=1S/C4H11NS2/c1-5(2)4(7)3-6/h4,6-7H,3H2,1-2H3. The second-order valence-corrected chi connectivity index (χ2v) is 2.59. The molecule has 0 saturated heterocycles. The largest absolute Gasteiger partial charge is 0.297 e. The molecule has 44 valence electrons. The Hall–Kier alpha value is 0.660. The summed E-state index contributed by atoms with van der Waals surface area (Å²) in [6, 6.07) is 0. The third-order valence-electron chi connectivity index (χ3n) is 0.759. The zero-order chi connectivity index (χ0) is 5.86. The molecule has 0 rings (SSSR count). The smallest absolute Gasteiger partial charge is 0.0611 e. The van der Waals surface area contributed by atoms with Gasteiger partial charge in [0, 0.05) is 5.75 Å². The molecule has 0 radical (unpaired) electrons. The molecule has 0 aromatic heterocycles. The van der Waals surface area contributed by atoms with Crippen LogP contribution < -0.4 is 0 Å². The van der Waals surface area contributed by atoms with Crippen LogP contribution in [0.1, 0.15) is 0 Å². The highest BCUT2D eigenvalue weighted by molar-refractivity contribution is 7.84. The normalized spacial score (nSPS) is 15.0. The van der Waals surface area contributed by atoms with Gasteiger partial charge in [0.25, 0.3) is 0 Å². The minimum Gasteiger partial charge on any atom is -0.297 e. The molecule has 0 bridgehead atoms. The van der Waals surface area contributed by atoms with Crippen LogP contribution in [0.15, 0.2) is 0 Å². The summed E-state index contributed by atoms with van der Waals surface area (Å²) in [6.07, 6.45) is 0. The van der Waals surface area contributed by atoms with Crippen molar-refractivity contribution >= 4 is 25.3 Å². The van der Waals surface area contributed by atoms with Crippen LogP contribution in [-0.4, -0.2) is 30.1 Å². The van der Waals surface area contributed by atoms with Gasteiger partial charge in [0.1, 0.15) is 0 Å². The average Bonchev–Trinajstić information content (AvgIpc) is 1.65. The molecule has 1 unspecified atom stereocenters.